The quantitative estimate of drug-likeness (QED) is 0.465. The number of nitrogens with one attached hydrogen (secondary N) is 2. The molecule has 0 spiro atoms. The van der Waals surface area contributed by atoms with Crippen LogP contribution in [0.4, 0.5) is 5.69 Å². The maximum Gasteiger partial charge on any atom is 0.325 e. The number of methoxy groups -OCH3 is 4. The van der Waals surface area contributed by atoms with Crippen molar-refractivity contribution in [1.82, 2.24) is 5.32 Å². The van der Waals surface area contributed by atoms with Crippen molar-refractivity contribution >= 4 is 29.5 Å². The van der Waals surface area contributed by atoms with Crippen LogP contribution in [-0.2, 0) is 14.3 Å². The molecular formula is C22H24N2O7. The van der Waals surface area contributed by atoms with Crippen LogP contribution in [0.3, 0.4) is 0 Å². The first-order valence-electron chi connectivity index (χ1n) is 9.16. The van der Waals surface area contributed by atoms with E-state index in [2.05, 4.69) is 15.4 Å². The smallest absolute Gasteiger partial charge is 0.325 e. The van der Waals surface area contributed by atoms with E-state index in [1.54, 1.807) is 30.3 Å². The van der Waals surface area contributed by atoms with Gasteiger partial charge in [-0.25, -0.2) is 0 Å². The van der Waals surface area contributed by atoms with Crippen LogP contribution in [0, 0.1) is 0 Å². The van der Waals surface area contributed by atoms with Gasteiger partial charge in [0.1, 0.15) is 12.3 Å². The van der Waals surface area contributed by atoms with Gasteiger partial charge in [-0.15, -0.1) is 0 Å². The Morgan fingerprint density at radius 3 is 2.06 bits per heavy atom. The molecule has 2 N–H and O–H groups in total. The summed E-state index contributed by atoms with van der Waals surface area (Å²) in [7, 11) is 5.79. The zero-order chi connectivity index (χ0) is 22.8. The Hall–Kier alpha value is -4.01. The number of ether oxygens (including phenoxy) is 4. The van der Waals surface area contributed by atoms with Crippen LogP contribution in [0.5, 0.6) is 17.2 Å². The lowest BCUT2D eigenvalue weighted by atomic mass is 10.1. The third-order valence-electron chi connectivity index (χ3n) is 4.19. The summed E-state index contributed by atoms with van der Waals surface area (Å²) in [4.78, 5) is 35.3. The minimum atomic E-state index is -0.546. The van der Waals surface area contributed by atoms with E-state index < -0.39 is 11.9 Å². The second-order valence-electron chi connectivity index (χ2n) is 6.11. The number of carbonyl (C=O) groups is 3. The van der Waals surface area contributed by atoms with E-state index in [1.807, 2.05) is 0 Å². The number of anilines is 1. The molecule has 2 amide bonds. The van der Waals surface area contributed by atoms with Crippen LogP contribution < -0.4 is 24.8 Å². The molecule has 0 heterocycles. The third-order valence-corrected chi connectivity index (χ3v) is 4.19. The second kappa shape index (κ2) is 11.2. The first-order chi connectivity index (χ1) is 14.9. The van der Waals surface area contributed by atoms with Gasteiger partial charge in [-0.2, -0.15) is 0 Å². The molecule has 0 aliphatic carbocycles. The van der Waals surface area contributed by atoms with Crippen molar-refractivity contribution in [3.8, 4) is 17.2 Å². The minimum Gasteiger partial charge on any atom is -0.496 e. The molecule has 0 aromatic heterocycles. The number of rotatable bonds is 9. The monoisotopic (exact) mass is 428 g/mol. The Kier molecular flexibility index (Phi) is 8.44. The molecule has 31 heavy (non-hydrogen) atoms. The maximum absolute atomic E-state index is 12.3. The molecule has 0 aliphatic rings. The molecular weight excluding hydrogens is 404 g/mol. The number of esters is 1. The summed E-state index contributed by atoms with van der Waals surface area (Å²) >= 11 is 0. The fraction of sp³-hybridized carbons (Fsp3) is 0.227. The fourth-order valence-electron chi connectivity index (χ4n) is 2.56. The van der Waals surface area contributed by atoms with Crippen LogP contribution in [-0.4, -0.2) is 52.8 Å². The highest BCUT2D eigenvalue weighted by molar-refractivity contribution is 6.02. The lowest BCUT2D eigenvalue weighted by molar-refractivity contribution is -0.139. The van der Waals surface area contributed by atoms with E-state index in [-0.39, 0.29) is 12.5 Å². The number of benzene rings is 2. The number of carbonyl (C=O) groups excluding carboxylic acids is 3. The summed E-state index contributed by atoms with van der Waals surface area (Å²) in [6, 6.07) is 9.59. The van der Waals surface area contributed by atoms with Gasteiger partial charge in [0, 0.05) is 29.0 Å². The summed E-state index contributed by atoms with van der Waals surface area (Å²) in [5, 5.41) is 5.13. The van der Waals surface area contributed by atoms with Crippen LogP contribution in [0.1, 0.15) is 15.9 Å². The highest BCUT2D eigenvalue weighted by Gasteiger charge is 2.11. The average molecular weight is 428 g/mol. The standard InChI is InChI=1S/C22H24N2O7/c1-28-17-12-19(30-3)18(29-2)11-15(17)7-10-20(25)24-16-8-5-14(6-9-16)22(27)23-13-21(26)31-4/h5-12H,13H2,1-4H3,(H,23,27)(H,24,25)/b10-7+. The van der Waals surface area contributed by atoms with Crippen LogP contribution in [0.2, 0.25) is 0 Å². The number of hydrogen-bond acceptors (Lipinski definition) is 7. The molecule has 164 valence electrons. The van der Waals surface area contributed by atoms with Gasteiger partial charge in [-0.05, 0) is 36.4 Å². The predicted molar refractivity (Wildman–Crippen MR) is 115 cm³/mol. The molecule has 0 unspecified atom stereocenters. The van der Waals surface area contributed by atoms with Crippen molar-refractivity contribution in [2.24, 2.45) is 0 Å². The third kappa shape index (κ3) is 6.49. The van der Waals surface area contributed by atoms with Gasteiger partial charge in [0.05, 0.1) is 28.4 Å². The van der Waals surface area contributed by atoms with Crippen LogP contribution in [0.15, 0.2) is 42.5 Å². The molecule has 9 heteroatoms. The van der Waals surface area contributed by atoms with E-state index >= 15 is 0 Å². The van der Waals surface area contributed by atoms with Crippen molar-refractivity contribution in [2.45, 2.75) is 0 Å². The lowest BCUT2D eigenvalue weighted by Crippen LogP contribution is -2.30. The normalized spacial score (nSPS) is 10.3. The first-order valence-corrected chi connectivity index (χ1v) is 9.16. The lowest BCUT2D eigenvalue weighted by Gasteiger charge is -2.12. The van der Waals surface area contributed by atoms with Crippen molar-refractivity contribution in [3.63, 3.8) is 0 Å². The zero-order valence-electron chi connectivity index (χ0n) is 17.7. The van der Waals surface area contributed by atoms with Gasteiger partial charge in [-0.1, -0.05) is 0 Å². The van der Waals surface area contributed by atoms with E-state index in [9.17, 15) is 14.4 Å². The molecule has 2 rings (SSSR count). The van der Waals surface area contributed by atoms with Crippen molar-refractivity contribution in [3.05, 3.63) is 53.6 Å². The first kappa shape index (κ1) is 23.3. The van der Waals surface area contributed by atoms with Gasteiger partial charge < -0.3 is 29.6 Å². The Labute approximate surface area is 179 Å². The summed E-state index contributed by atoms with van der Waals surface area (Å²) in [6.07, 6.45) is 2.94. The Morgan fingerprint density at radius 1 is 0.871 bits per heavy atom. The fourth-order valence-corrected chi connectivity index (χ4v) is 2.56. The molecule has 2 aromatic carbocycles. The zero-order valence-corrected chi connectivity index (χ0v) is 17.7. The van der Waals surface area contributed by atoms with Gasteiger partial charge in [0.25, 0.3) is 5.91 Å². The molecule has 0 fully saturated rings. The minimum absolute atomic E-state index is 0.224. The largest absolute Gasteiger partial charge is 0.496 e. The second-order valence-corrected chi connectivity index (χ2v) is 6.11. The average Bonchev–Trinajstić information content (AvgIpc) is 2.80. The Bertz CT molecular complexity index is 969. The van der Waals surface area contributed by atoms with Gasteiger partial charge >= 0.3 is 5.97 Å². The molecule has 0 aliphatic heterocycles. The molecule has 0 radical (unpaired) electrons. The highest BCUT2D eigenvalue weighted by Crippen LogP contribution is 2.35. The summed E-state index contributed by atoms with van der Waals surface area (Å²) in [6.45, 7) is -0.224. The van der Waals surface area contributed by atoms with Crippen molar-refractivity contribution in [1.29, 1.82) is 0 Å². The van der Waals surface area contributed by atoms with Gasteiger partial charge in [-0.3, -0.25) is 14.4 Å². The molecule has 0 saturated heterocycles. The molecule has 0 bridgehead atoms. The summed E-state index contributed by atoms with van der Waals surface area (Å²) in [5.41, 5.74) is 1.47. The van der Waals surface area contributed by atoms with Gasteiger partial charge in [0.2, 0.25) is 5.91 Å². The van der Waals surface area contributed by atoms with E-state index in [0.29, 0.717) is 34.1 Å². The topological polar surface area (TPSA) is 112 Å². The van der Waals surface area contributed by atoms with E-state index in [0.717, 1.165) is 0 Å². The Morgan fingerprint density at radius 2 is 1.48 bits per heavy atom. The molecule has 0 saturated carbocycles. The van der Waals surface area contributed by atoms with E-state index in [4.69, 9.17) is 14.2 Å². The molecule has 9 nitrogen and oxygen atoms in total. The van der Waals surface area contributed by atoms with Crippen LogP contribution >= 0.6 is 0 Å². The van der Waals surface area contributed by atoms with Crippen molar-refractivity contribution < 1.29 is 33.3 Å². The molecule has 2 aromatic rings. The number of hydrogen-bond donors (Lipinski definition) is 2. The summed E-state index contributed by atoms with van der Waals surface area (Å²) < 4.78 is 20.3. The van der Waals surface area contributed by atoms with E-state index in [1.165, 1.54) is 46.6 Å². The van der Waals surface area contributed by atoms with Gasteiger partial charge in [0.15, 0.2) is 11.5 Å². The van der Waals surface area contributed by atoms with Crippen LogP contribution in [0.25, 0.3) is 6.08 Å². The highest BCUT2D eigenvalue weighted by atomic mass is 16.5. The predicted octanol–water partition coefficient (Wildman–Crippen LogP) is 2.27. The Balaban J connectivity index is 2.03. The van der Waals surface area contributed by atoms with Crippen molar-refractivity contribution in [2.75, 3.05) is 40.3 Å². The SMILES string of the molecule is COC(=O)CNC(=O)c1ccc(NC(=O)/C=C/c2cc(OC)c(OC)cc2OC)cc1. The summed E-state index contributed by atoms with van der Waals surface area (Å²) in [5.74, 6) is 0.184. The molecule has 0 atom stereocenters. The maximum atomic E-state index is 12.3. The number of amides is 2.